The molecule has 3 aliphatic carbocycles. The zero-order valence-electron chi connectivity index (χ0n) is 11.5. The zero-order chi connectivity index (χ0) is 13.7. The fourth-order valence-corrected chi connectivity index (χ4v) is 4.24. The van der Waals surface area contributed by atoms with Crippen LogP contribution in [0, 0.1) is 41.4 Å². The molecule has 106 valence electrons. The van der Waals surface area contributed by atoms with Crippen molar-refractivity contribution in [2.45, 2.75) is 33.1 Å². The fraction of sp³-hybridized carbons (Fsp3) is 0.867. The van der Waals surface area contributed by atoms with Crippen LogP contribution in [0.25, 0.3) is 0 Å². The molecular formula is C15H22O4. The van der Waals surface area contributed by atoms with E-state index in [-0.39, 0.29) is 17.8 Å². The largest absolute Gasteiger partial charge is 0.481 e. The second-order valence-electron chi connectivity index (χ2n) is 6.74. The van der Waals surface area contributed by atoms with Crippen molar-refractivity contribution < 1.29 is 19.4 Å². The van der Waals surface area contributed by atoms with Crippen LogP contribution in [0.2, 0.25) is 0 Å². The molecular weight excluding hydrogens is 244 g/mol. The van der Waals surface area contributed by atoms with Gasteiger partial charge < -0.3 is 9.84 Å². The van der Waals surface area contributed by atoms with Gasteiger partial charge >= 0.3 is 11.9 Å². The number of hydrogen-bond donors (Lipinski definition) is 1. The molecule has 3 rings (SSSR count). The summed E-state index contributed by atoms with van der Waals surface area (Å²) < 4.78 is 5.36. The van der Waals surface area contributed by atoms with Crippen molar-refractivity contribution in [2.24, 2.45) is 41.4 Å². The number of aliphatic carboxylic acids is 1. The molecule has 0 spiro atoms. The van der Waals surface area contributed by atoms with Gasteiger partial charge in [0.1, 0.15) is 0 Å². The molecule has 0 aromatic rings. The van der Waals surface area contributed by atoms with Crippen molar-refractivity contribution >= 4 is 11.9 Å². The molecule has 0 aromatic heterocycles. The monoisotopic (exact) mass is 266 g/mol. The second-order valence-corrected chi connectivity index (χ2v) is 6.74. The van der Waals surface area contributed by atoms with Gasteiger partial charge in [-0.25, -0.2) is 0 Å². The summed E-state index contributed by atoms with van der Waals surface area (Å²) in [6.07, 6.45) is 3.15. The van der Waals surface area contributed by atoms with Gasteiger partial charge in [0.15, 0.2) is 0 Å². The molecule has 0 saturated heterocycles. The van der Waals surface area contributed by atoms with Gasteiger partial charge in [-0.2, -0.15) is 0 Å². The Morgan fingerprint density at radius 1 is 1.11 bits per heavy atom. The SMILES string of the molecule is CC1C(C)C2CC1C(C(=O)O)C2C(=O)OCC1CC1. The first-order valence-electron chi connectivity index (χ1n) is 7.40. The predicted molar refractivity (Wildman–Crippen MR) is 68.2 cm³/mol. The molecule has 19 heavy (non-hydrogen) atoms. The maximum absolute atomic E-state index is 12.2. The molecule has 1 N–H and O–H groups in total. The van der Waals surface area contributed by atoms with E-state index in [0.29, 0.717) is 24.4 Å². The maximum Gasteiger partial charge on any atom is 0.310 e. The van der Waals surface area contributed by atoms with E-state index >= 15 is 0 Å². The van der Waals surface area contributed by atoms with E-state index in [2.05, 4.69) is 13.8 Å². The number of ether oxygens (including phenoxy) is 1. The van der Waals surface area contributed by atoms with Gasteiger partial charge in [-0.1, -0.05) is 13.8 Å². The number of hydrogen-bond acceptors (Lipinski definition) is 3. The zero-order valence-corrected chi connectivity index (χ0v) is 11.5. The van der Waals surface area contributed by atoms with Gasteiger partial charge in [0, 0.05) is 0 Å². The van der Waals surface area contributed by atoms with Crippen LogP contribution in [0.5, 0.6) is 0 Å². The van der Waals surface area contributed by atoms with Gasteiger partial charge in [0.05, 0.1) is 18.4 Å². The highest BCUT2D eigenvalue weighted by molar-refractivity contribution is 5.83. The molecule has 2 bridgehead atoms. The molecule has 0 aromatic carbocycles. The van der Waals surface area contributed by atoms with Crippen molar-refractivity contribution in [1.29, 1.82) is 0 Å². The summed E-state index contributed by atoms with van der Waals surface area (Å²) in [6, 6.07) is 0. The van der Waals surface area contributed by atoms with E-state index in [0.717, 1.165) is 19.3 Å². The topological polar surface area (TPSA) is 63.6 Å². The predicted octanol–water partition coefficient (Wildman–Crippen LogP) is 2.18. The summed E-state index contributed by atoms with van der Waals surface area (Å²) in [5, 5.41) is 9.44. The van der Waals surface area contributed by atoms with Gasteiger partial charge in [0.25, 0.3) is 0 Å². The molecule has 0 heterocycles. The summed E-state index contributed by atoms with van der Waals surface area (Å²) in [4.78, 5) is 23.8. The molecule has 3 aliphatic rings. The first-order valence-corrected chi connectivity index (χ1v) is 7.40. The average Bonchev–Trinajstić information content (AvgIpc) is 3.05. The lowest BCUT2D eigenvalue weighted by Gasteiger charge is -2.34. The van der Waals surface area contributed by atoms with Gasteiger partial charge in [0.2, 0.25) is 0 Å². The normalized spacial score (nSPS) is 44.3. The van der Waals surface area contributed by atoms with E-state index in [1.165, 1.54) is 0 Å². The highest BCUT2D eigenvalue weighted by atomic mass is 16.5. The van der Waals surface area contributed by atoms with Crippen LogP contribution in [0.1, 0.15) is 33.1 Å². The molecule has 0 amide bonds. The number of esters is 1. The second kappa shape index (κ2) is 4.50. The molecule has 6 unspecified atom stereocenters. The number of carboxylic acid groups (broad SMARTS) is 1. The lowest BCUT2D eigenvalue weighted by atomic mass is 9.69. The number of carbonyl (C=O) groups is 2. The standard InChI is InChI=1S/C15H22O4/c1-7-8(2)11-5-10(7)12(14(16)17)13(11)15(18)19-6-9-3-4-9/h7-13H,3-6H2,1-2H3,(H,16,17). The van der Waals surface area contributed by atoms with Crippen LogP contribution in [0.4, 0.5) is 0 Å². The fourth-order valence-electron chi connectivity index (χ4n) is 4.24. The molecule has 0 aliphatic heterocycles. The summed E-state index contributed by atoms with van der Waals surface area (Å²) in [5.41, 5.74) is 0. The Balaban J connectivity index is 1.74. The highest BCUT2D eigenvalue weighted by Crippen LogP contribution is 2.58. The first-order chi connectivity index (χ1) is 9.00. The van der Waals surface area contributed by atoms with Crippen LogP contribution in [-0.4, -0.2) is 23.7 Å². The Kier molecular flexibility index (Phi) is 3.06. The minimum atomic E-state index is -0.820. The first kappa shape index (κ1) is 12.9. The van der Waals surface area contributed by atoms with E-state index in [1.807, 2.05) is 0 Å². The van der Waals surface area contributed by atoms with Crippen LogP contribution in [-0.2, 0) is 14.3 Å². The van der Waals surface area contributed by atoms with Crippen molar-refractivity contribution in [3.8, 4) is 0 Å². The Morgan fingerprint density at radius 2 is 1.68 bits per heavy atom. The van der Waals surface area contributed by atoms with E-state index in [1.54, 1.807) is 0 Å². The number of carboxylic acids is 1. The van der Waals surface area contributed by atoms with Crippen LogP contribution >= 0.6 is 0 Å². The third-order valence-electron chi connectivity index (χ3n) is 5.75. The summed E-state index contributed by atoms with van der Waals surface area (Å²) >= 11 is 0. The molecule has 3 fully saturated rings. The van der Waals surface area contributed by atoms with Crippen molar-refractivity contribution in [3.05, 3.63) is 0 Å². The Hall–Kier alpha value is -1.06. The Labute approximate surface area is 113 Å². The molecule has 4 nitrogen and oxygen atoms in total. The van der Waals surface area contributed by atoms with Crippen molar-refractivity contribution in [2.75, 3.05) is 6.61 Å². The van der Waals surface area contributed by atoms with Crippen molar-refractivity contribution in [1.82, 2.24) is 0 Å². The summed E-state index contributed by atoms with van der Waals surface area (Å²) in [7, 11) is 0. The van der Waals surface area contributed by atoms with E-state index < -0.39 is 17.8 Å². The summed E-state index contributed by atoms with van der Waals surface area (Å²) in [6.45, 7) is 4.76. The van der Waals surface area contributed by atoms with Gasteiger partial charge in [-0.05, 0) is 48.9 Å². The van der Waals surface area contributed by atoms with Gasteiger partial charge in [-0.15, -0.1) is 0 Å². The third-order valence-corrected chi connectivity index (χ3v) is 5.75. The molecule has 0 radical (unpaired) electrons. The van der Waals surface area contributed by atoms with Crippen molar-refractivity contribution in [3.63, 3.8) is 0 Å². The number of rotatable bonds is 4. The maximum atomic E-state index is 12.2. The lowest BCUT2D eigenvalue weighted by molar-refractivity contribution is -0.163. The minimum absolute atomic E-state index is 0.149. The summed E-state index contributed by atoms with van der Waals surface area (Å²) in [5.74, 6) is -0.302. The lowest BCUT2D eigenvalue weighted by Crippen LogP contribution is -2.41. The highest BCUT2D eigenvalue weighted by Gasteiger charge is 2.60. The molecule has 4 heteroatoms. The average molecular weight is 266 g/mol. The van der Waals surface area contributed by atoms with Gasteiger partial charge in [-0.3, -0.25) is 9.59 Å². The molecule has 3 saturated carbocycles. The molecule has 6 atom stereocenters. The number of fused-ring (bicyclic) bond motifs is 2. The quantitative estimate of drug-likeness (QED) is 0.792. The third kappa shape index (κ3) is 2.05. The Bertz CT molecular complexity index is 401. The van der Waals surface area contributed by atoms with E-state index in [9.17, 15) is 14.7 Å². The minimum Gasteiger partial charge on any atom is -0.481 e. The van der Waals surface area contributed by atoms with Crippen LogP contribution in [0.3, 0.4) is 0 Å². The van der Waals surface area contributed by atoms with Crippen LogP contribution < -0.4 is 0 Å². The number of carbonyl (C=O) groups excluding carboxylic acids is 1. The van der Waals surface area contributed by atoms with Crippen LogP contribution in [0.15, 0.2) is 0 Å². The Morgan fingerprint density at radius 3 is 2.21 bits per heavy atom. The van der Waals surface area contributed by atoms with E-state index in [4.69, 9.17) is 4.74 Å². The smallest absolute Gasteiger partial charge is 0.310 e.